The molecule has 10 heterocycles. The molecule has 4 fully saturated rings. The molecular formula is C93H95BBrN15O12. The Morgan fingerprint density at radius 2 is 0.779 bits per heavy atom. The molecule has 4 saturated heterocycles. The van der Waals surface area contributed by atoms with Gasteiger partial charge in [-0.3, -0.25) is 23.2 Å². The van der Waals surface area contributed by atoms with E-state index in [2.05, 4.69) is 54.4 Å². The van der Waals surface area contributed by atoms with E-state index in [1.807, 2.05) is 210 Å². The number of aliphatic hydroxyl groups excluding tert-OH is 2. The van der Waals surface area contributed by atoms with Crippen molar-refractivity contribution in [2.75, 3.05) is 78.5 Å². The largest absolute Gasteiger partial charge is 0.507 e. The molecule has 6 aromatic carbocycles. The van der Waals surface area contributed by atoms with E-state index in [1.165, 1.54) is 0 Å². The molecule has 12 aromatic rings. The summed E-state index contributed by atoms with van der Waals surface area (Å²) in [6.07, 6.45) is 10.7. The summed E-state index contributed by atoms with van der Waals surface area (Å²) in [6.45, 7) is 24.8. The van der Waals surface area contributed by atoms with E-state index in [9.17, 15) is 39.3 Å². The molecule has 0 unspecified atom stereocenters. The summed E-state index contributed by atoms with van der Waals surface area (Å²) in [5.41, 5.74) is 14.8. The van der Waals surface area contributed by atoms with Gasteiger partial charge in [-0.25, -0.2) is 24.5 Å². The summed E-state index contributed by atoms with van der Waals surface area (Å²) < 4.78 is 29.9. The predicted octanol–water partition coefficient (Wildman–Crippen LogP) is 13.8. The third kappa shape index (κ3) is 20.0. The lowest BCUT2D eigenvalue weighted by Gasteiger charge is -2.35. The molecule has 29 heteroatoms. The molecule has 0 radical (unpaired) electrons. The summed E-state index contributed by atoms with van der Waals surface area (Å²) in [7, 11) is -0.416. The first-order valence-electron chi connectivity index (χ1n) is 40.1. The third-order valence-electron chi connectivity index (χ3n) is 21.7. The average Bonchev–Trinajstić information content (AvgIpc) is 1.61. The number of ether oxygens (including phenoxy) is 2. The van der Waals surface area contributed by atoms with Crippen LogP contribution in [0.3, 0.4) is 0 Å². The van der Waals surface area contributed by atoms with Crippen molar-refractivity contribution in [3.8, 4) is 80.0 Å². The van der Waals surface area contributed by atoms with Crippen LogP contribution in [-0.2, 0) is 32.0 Å². The monoisotopic (exact) mass is 1700 g/mol. The molecule has 0 spiro atoms. The van der Waals surface area contributed by atoms with Crippen LogP contribution in [0.15, 0.2) is 205 Å². The molecule has 624 valence electrons. The number of carbonyl (C=O) groups is 5. The SMILES string of the molecule is CC(C)(C)OC(=O)N1CCN(C(=O)c2ccc(-c3ccc4ncc(-c5ccc(C#N)cc5)n4c3)cc2CO)CC1.CC(C)(C)OC(=O)N1CCN(C(=O)c2ccc(Br)cc2CO)CC1.CC1(C)OB(c2ccc3ncc(-c4ccc(C#N)cc4)n3c2)OC1(C)C.N#Cc1ccc(-c2cnc3ccc(-c4ccc(C(=O)N5CCNCC5)c(O)c4)cn23)cc1. The number of hydrogen-bond acceptors (Lipinski definition) is 19. The molecule has 27 nitrogen and oxygen atoms in total. The number of aromatic hydroxyl groups is 1. The molecule has 4 N–H and O–H groups in total. The number of piperazine rings is 3. The Balaban J connectivity index is 0.000000143. The normalized spacial score (nSPS) is 15.0. The number of imidazole rings is 3. The lowest BCUT2D eigenvalue weighted by atomic mass is 9.80. The lowest BCUT2D eigenvalue weighted by Crippen LogP contribution is -2.51. The minimum Gasteiger partial charge on any atom is -0.507 e. The number of amides is 5. The van der Waals surface area contributed by atoms with Gasteiger partial charge in [0.1, 0.15) is 33.9 Å². The maximum absolute atomic E-state index is 13.4. The zero-order chi connectivity index (χ0) is 87.0. The highest BCUT2D eigenvalue weighted by atomic mass is 79.9. The van der Waals surface area contributed by atoms with Crippen LogP contribution >= 0.6 is 15.9 Å². The Morgan fingerprint density at radius 1 is 0.443 bits per heavy atom. The summed E-state index contributed by atoms with van der Waals surface area (Å²) in [6, 6.07) is 56.2. The van der Waals surface area contributed by atoms with Gasteiger partial charge in [0.05, 0.1) is 101 Å². The summed E-state index contributed by atoms with van der Waals surface area (Å²) in [4.78, 5) is 85.1. The number of fused-ring (bicyclic) bond motifs is 3. The van der Waals surface area contributed by atoms with Crippen molar-refractivity contribution in [2.24, 2.45) is 0 Å². The van der Waals surface area contributed by atoms with Crippen molar-refractivity contribution < 1.29 is 58.1 Å². The Bertz CT molecular complexity index is 5990. The van der Waals surface area contributed by atoms with Crippen molar-refractivity contribution in [3.05, 3.63) is 250 Å². The van der Waals surface area contributed by atoms with E-state index in [4.69, 9.17) is 34.6 Å². The van der Waals surface area contributed by atoms with Crippen molar-refractivity contribution in [1.29, 1.82) is 15.8 Å². The third-order valence-corrected chi connectivity index (χ3v) is 22.2. The van der Waals surface area contributed by atoms with E-state index in [0.717, 1.165) is 96.0 Å². The van der Waals surface area contributed by atoms with Gasteiger partial charge in [-0.15, -0.1) is 0 Å². The number of aliphatic hydroxyl groups is 2. The maximum atomic E-state index is 13.4. The second-order valence-electron chi connectivity index (χ2n) is 32.9. The van der Waals surface area contributed by atoms with Crippen molar-refractivity contribution in [3.63, 3.8) is 0 Å². The highest BCUT2D eigenvalue weighted by Crippen LogP contribution is 2.38. The Hall–Kier alpha value is -13.0. The molecule has 122 heavy (non-hydrogen) atoms. The standard InChI is InChI=1S/C31H31N5O4.C25H21N5O2.C20H20BN3O2.C17H23BrN2O4/c1-31(2,3)40-30(39)35-14-12-34(13-15-35)29(38)26-10-8-23(16-25(26)20-37)24-9-11-28-33-18-27(36(28)19-24)22-6-4-21(17-32)5-7-22;26-14-17-1-3-18(4-2-17)22-15-28-24-8-6-20(16-30(22)24)19-5-7-21(23(31)13-19)25(32)29-11-9-27-10-12-29;1-19(2)20(3,4)26-21(25-19)16-9-10-18-23-12-17(24(18)13-16)15-7-5-14(11-22)6-8-15;1-17(2,3)24-16(23)20-8-6-19(7-9-20)15(22)14-5-4-13(18)10-12(14)11-21/h4-11,16,18-19,37H,12-15,20H2,1-3H3;1-8,13,15-16,27,31H,9-12H2;5-10,12-13H,1-4H3;4-5,10,21H,6-9,11H2,1-3H3. The highest BCUT2D eigenvalue weighted by Gasteiger charge is 2.52. The van der Waals surface area contributed by atoms with Gasteiger partial charge in [0, 0.05) is 129 Å². The summed E-state index contributed by atoms with van der Waals surface area (Å²) >= 11 is 3.34. The molecular weight excluding hydrogens is 1610 g/mol. The fourth-order valence-electron chi connectivity index (χ4n) is 14.3. The van der Waals surface area contributed by atoms with Crippen LogP contribution in [0.5, 0.6) is 5.75 Å². The maximum Gasteiger partial charge on any atom is 0.496 e. The van der Waals surface area contributed by atoms with E-state index >= 15 is 0 Å². The second kappa shape index (κ2) is 36.9. The first-order chi connectivity index (χ1) is 58.3. The molecule has 0 atom stereocenters. The molecule has 0 aliphatic carbocycles. The summed E-state index contributed by atoms with van der Waals surface area (Å²) in [5, 5.41) is 60.5. The van der Waals surface area contributed by atoms with E-state index in [0.29, 0.717) is 110 Å². The fraction of sp³-hybridized carbons (Fsp3) is 0.301. The first kappa shape index (κ1) is 86.8. The van der Waals surface area contributed by atoms with Crippen molar-refractivity contribution in [2.45, 2.75) is 105 Å². The zero-order valence-corrected chi connectivity index (χ0v) is 71.3. The van der Waals surface area contributed by atoms with E-state index in [-0.39, 0.29) is 60.1 Å². The number of pyridine rings is 3. The molecule has 0 saturated carbocycles. The van der Waals surface area contributed by atoms with Gasteiger partial charge < -0.3 is 68.3 Å². The number of nitrogens with one attached hydrogen (secondary N) is 1. The number of halogens is 1. The van der Waals surface area contributed by atoms with Gasteiger partial charge in [-0.1, -0.05) is 70.5 Å². The zero-order valence-electron chi connectivity index (χ0n) is 69.7. The Labute approximate surface area is 716 Å². The molecule has 0 bridgehead atoms. The fourth-order valence-corrected chi connectivity index (χ4v) is 14.7. The second-order valence-corrected chi connectivity index (χ2v) is 33.8. The molecule has 16 rings (SSSR count). The van der Waals surface area contributed by atoms with Crippen LogP contribution in [0.25, 0.3) is 73.0 Å². The molecule has 4 aliphatic rings. The topological polar surface area (TPSA) is 334 Å². The number of phenols is 1. The van der Waals surface area contributed by atoms with Gasteiger partial charge >= 0.3 is 19.3 Å². The van der Waals surface area contributed by atoms with Gasteiger partial charge in [-0.05, 0) is 217 Å². The molecule has 5 amide bonds. The average molecular weight is 1710 g/mol. The predicted molar refractivity (Wildman–Crippen MR) is 466 cm³/mol. The first-order valence-corrected chi connectivity index (χ1v) is 40.9. The number of nitriles is 3. The number of hydrogen-bond donors (Lipinski definition) is 4. The van der Waals surface area contributed by atoms with E-state index in [1.54, 1.807) is 97.6 Å². The number of nitrogens with zero attached hydrogens (tertiary/aromatic N) is 14. The molecule has 6 aromatic heterocycles. The number of carbonyl (C=O) groups excluding carboxylic acids is 5. The number of benzene rings is 6. The van der Waals surface area contributed by atoms with Crippen LogP contribution < -0.4 is 10.8 Å². The van der Waals surface area contributed by atoms with Crippen LogP contribution in [-0.4, -0.2) is 206 Å². The van der Waals surface area contributed by atoms with Crippen molar-refractivity contribution in [1.82, 2.24) is 58.0 Å². The Kier molecular flexibility index (Phi) is 26.2. The van der Waals surface area contributed by atoms with Crippen LogP contribution in [0.2, 0.25) is 0 Å². The van der Waals surface area contributed by atoms with Crippen LogP contribution in [0.4, 0.5) is 9.59 Å². The summed E-state index contributed by atoms with van der Waals surface area (Å²) in [5.74, 6) is -0.476. The Morgan fingerprint density at radius 3 is 1.17 bits per heavy atom. The van der Waals surface area contributed by atoms with E-state index < -0.39 is 18.3 Å². The number of phenolic OH excluding ortho intramolecular Hbond substituents is 1. The van der Waals surface area contributed by atoms with Gasteiger partial charge in [0.2, 0.25) is 0 Å². The minimum absolute atomic E-state index is 0.0240. The van der Waals surface area contributed by atoms with Gasteiger partial charge in [-0.2, -0.15) is 15.8 Å². The molecule has 4 aliphatic heterocycles. The minimum atomic E-state index is -0.574. The number of rotatable bonds is 11. The smallest absolute Gasteiger partial charge is 0.496 e. The van der Waals surface area contributed by atoms with Crippen LogP contribution in [0, 0.1) is 34.0 Å². The van der Waals surface area contributed by atoms with Gasteiger partial charge in [0.15, 0.2) is 0 Å². The lowest BCUT2D eigenvalue weighted by molar-refractivity contribution is 0.00578. The van der Waals surface area contributed by atoms with Crippen LogP contribution in [0.1, 0.15) is 128 Å². The number of aromatic nitrogens is 6. The van der Waals surface area contributed by atoms with Gasteiger partial charge in [0.25, 0.3) is 17.7 Å². The highest BCUT2D eigenvalue weighted by molar-refractivity contribution is 9.10. The van der Waals surface area contributed by atoms with Crippen molar-refractivity contribution >= 4 is 75.4 Å². The quantitative estimate of drug-likeness (QED) is 0.0874.